The standard InChI is InChI=1S/C21H30N6O2.2ClH/c1-15-6-5-7-18(16(15)2)24-19(28)14-26-8-10-27(11-9-26)21(29)20(22-3)17-12-23-25(4)13-17;;/h5-7,12-13,20,22H,8-11,14H2,1-4H3,(H,24,28);2*1H. The summed E-state index contributed by atoms with van der Waals surface area (Å²) in [5, 5.41) is 10.2. The van der Waals surface area contributed by atoms with E-state index < -0.39 is 6.04 Å². The maximum Gasteiger partial charge on any atom is 0.244 e. The van der Waals surface area contributed by atoms with E-state index in [0.29, 0.717) is 32.7 Å². The van der Waals surface area contributed by atoms with Crippen LogP contribution in [0.1, 0.15) is 22.7 Å². The van der Waals surface area contributed by atoms with Crippen LogP contribution in [0.15, 0.2) is 30.6 Å². The van der Waals surface area contributed by atoms with Crippen molar-refractivity contribution in [3.8, 4) is 0 Å². The second kappa shape index (κ2) is 12.0. The second-order valence-electron chi connectivity index (χ2n) is 7.57. The van der Waals surface area contributed by atoms with Crippen molar-refractivity contribution in [1.29, 1.82) is 0 Å². The summed E-state index contributed by atoms with van der Waals surface area (Å²) < 4.78 is 1.69. The molecular weight excluding hydrogens is 439 g/mol. The van der Waals surface area contributed by atoms with Crippen molar-refractivity contribution in [3.05, 3.63) is 47.3 Å². The molecule has 3 rings (SSSR count). The highest BCUT2D eigenvalue weighted by atomic mass is 35.5. The summed E-state index contributed by atoms with van der Waals surface area (Å²) in [4.78, 5) is 29.3. The molecule has 1 atom stereocenters. The van der Waals surface area contributed by atoms with Gasteiger partial charge < -0.3 is 15.5 Å². The summed E-state index contributed by atoms with van der Waals surface area (Å²) in [5.41, 5.74) is 3.96. The summed E-state index contributed by atoms with van der Waals surface area (Å²) in [6.07, 6.45) is 3.57. The summed E-state index contributed by atoms with van der Waals surface area (Å²) in [5.74, 6) is 0.0157. The molecule has 2 heterocycles. The number of hydrogen-bond donors (Lipinski definition) is 2. The van der Waals surface area contributed by atoms with E-state index in [1.165, 1.54) is 0 Å². The van der Waals surface area contributed by atoms with Gasteiger partial charge in [0.15, 0.2) is 0 Å². The van der Waals surface area contributed by atoms with Crippen LogP contribution in [0.2, 0.25) is 0 Å². The molecule has 2 N–H and O–H groups in total. The van der Waals surface area contributed by atoms with E-state index in [0.717, 1.165) is 22.4 Å². The number of benzene rings is 1. The molecule has 2 aromatic rings. The summed E-state index contributed by atoms with van der Waals surface area (Å²) in [7, 11) is 3.62. The number of carbonyl (C=O) groups excluding carboxylic acids is 2. The summed E-state index contributed by atoms with van der Waals surface area (Å²) in [6, 6.07) is 5.50. The highest BCUT2D eigenvalue weighted by molar-refractivity contribution is 5.93. The monoisotopic (exact) mass is 470 g/mol. The fourth-order valence-electron chi connectivity index (χ4n) is 3.61. The van der Waals surface area contributed by atoms with Gasteiger partial charge in [-0.2, -0.15) is 5.10 Å². The number of anilines is 1. The highest BCUT2D eigenvalue weighted by Gasteiger charge is 2.28. The van der Waals surface area contributed by atoms with E-state index in [-0.39, 0.29) is 36.6 Å². The van der Waals surface area contributed by atoms with Crippen molar-refractivity contribution in [2.75, 3.05) is 45.1 Å². The van der Waals surface area contributed by atoms with Crippen LogP contribution in [0.5, 0.6) is 0 Å². The molecule has 1 unspecified atom stereocenters. The summed E-state index contributed by atoms with van der Waals surface area (Å²) >= 11 is 0. The molecule has 1 aromatic heterocycles. The summed E-state index contributed by atoms with van der Waals surface area (Å²) in [6.45, 7) is 6.93. The Kier molecular flexibility index (Phi) is 10.5. The van der Waals surface area contributed by atoms with Gasteiger partial charge in [0, 0.05) is 50.7 Å². The number of aromatic nitrogens is 2. The SMILES string of the molecule is CNC(C(=O)N1CCN(CC(=O)Nc2cccc(C)c2C)CC1)c1cnn(C)c1.Cl.Cl. The third-order valence-electron chi connectivity index (χ3n) is 5.52. The number of likely N-dealkylation sites (N-methyl/N-ethyl adjacent to an activating group) is 1. The van der Waals surface area contributed by atoms with Crippen molar-refractivity contribution in [2.45, 2.75) is 19.9 Å². The average Bonchev–Trinajstić information content (AvgIpc) is 3.12. The molecule has 8 nitrogen and oxygen atoms in total. The van der Waals surface area contributed by atoms with Gasteiger partial charge >= 0.3 is 0 Å². The van der Waals surface area contributed by atoms with Gasteiger partial charge in [-0.1, -0.05) is 12.1 Å². The van der Waals surface area contributed by atoms with Crippen LogP contribution in [0.4, 0.5) is 5.69 Å². The van der Waals surface area contributed by atoms with Gasteiger partial charge in [0.25, 0.3) is 0 Å². The van der Waals surface area contributed by atoms with Gasteiger partial charge in [-0.05, 0) is 38.1 Å². The zero-order chi connectivity index (χ0) is 21.0. The Bertz CT molecular complexity index is 881. The molecular formula is C21H32Cl2N6O2. The largest absolute Gasteiger partial charge is 0.338 e. The van der Waals surface area contributed by atoms with E-state index in [4.69, 9.17) is 0 Å². The molecule has 1 aliphatic rings. The van der Waals surface area contributed by atoms with Crippen molar-refractivity contribution >= 4 is 42.3 Å². The lowest BCUT2D eigenvalue weighted by Gasteiger charge is -2.36. The Morgan fingerprint density at radius 1 is 1.13 bits per heavy atom. The number of nitrogens with one attached hydrogen (secondary N) is 2. The minimum absolute atomic E-state index is 0. The molecule has 31 heavy (non-hydrogen) atoms. The van der Waals surface area contributed by atoms with Gasteiger partial charge in [-0.15, -0.1) is 24.8 Å². The number of amides is 2. The zero-order valence-corrected chi connectivity index (χ0v) is 20.1. The molecule has 1 aromatic carbocycles. The number of halogens is 2. The Labute approximate surface area is 196 Å². The molecule has 0 spiro atoms. The molecule has 0 aliphatic carbocycles. The number of rotatable bonds is 6. The Morgan fingerprint density at radius 2 is 1.81 bits per heavy atom. The van der Waals surface area contributed by atoms with Crippen LogP contribution in [0, 0.1) is 13.8 Å². The normalized spacial score (nSPS) is 14.9. The van der Waals surface area contributed by atoms with Crippen molar-refractivity contribution in [3.63, 3.8) is 0 Å². The third kappa shape index (κ3) is 6.67. The lowest BCUT2D eigenvalue weighted by atomic mass is 10.1. The first-order chi connectivity index (χ1) is 13.9. The zero-order valence-electron chi connectivity index (χ0n) is 18.4. The predicted molar refractivity (Wildman–Crippen MR) is 127 cm³/mol. The van der Waals surface area contributed by atoms with Gasteiger partial charge in [-0.3, -0.25) is 19.2 Å². The van der Waals surface area contributed by atoms with Crippen LogP contribution in [0.25, 0.3) is 0 Å². The van der Waals surface area contributed by atoms with Crippen LogP contribution in [-0.2, 0) is 16.6 Å². The molecule has 0 bridgehead atoms. The molecule has 0 radical (unpaired) electrons. The molecule has 1 aliphatic heterocycles. The lowest BCUT2D eigenvalue weighted by Crippen LogP contribution is -2.52. The first-order valence-corrected chi connectivity index (χ1v) is 9.92. The fourth-order valence-corrected chi connectivity index (χ4v) is 3.61. The lowest BCUT2D eigenvalue weighted by molar-refractivity contribution is -0.135. The quantitative estimate of drug-likeness (QED) is 0.673. The van der Waals surface area contributed by atoms with E-state index in [1.54, 1.807) is 17.9 Å². The number of aryl methyl sites for hydroxylation is 2. The molecule has 2 amide bonds. The number of nitrogens with zero attached hydrogens (tertiary/aromatic N) is 4. The highest BCUT2D eigenvalue weighted by Crippen LogP contribution is 2.18. The number of piperazine rings is 1. The minimum Gasteiger partial charge on any atom is -0.338 e. The molecule has 0 saturated carbocycles. The van der Waals surface area contributed by atoms with Crippen molar-refractivity contribution < 1.29 is 9.59 Å². The fraction of sp³-hybridized carbons (Fsp3) is 0.476. The maximum atomic E-state index is 12.9. The third-order valence-corrected chi connectivity index (χ3v) is 5.52. The number of carbonyl (C=O) groups is 2. The molecule has 172 valence electrons. The van der Waals surface area contributed by atoms with Crippen LogP contribution in [0.3, 0.4) is 0 Å². The van der Waals surface area contributed by atoms with Gasteiger partial charge in [0.2, 0.25) is 11.8 Å². The maximum absolute atomic E-state index is 12.9. The van der Waals surface area contributed by atoms with Crippen molar-refractivity contribution in [1.82, 2.24) is 24.9 Å². The smallest absolute Gasteiger partial charge is 0.244 e. The van der Waals surface area contributed by atoms with E-state index in [1.807, 2.05) is 50.2 Å². The van der Waals surface area contributed by atoms with Crippen LogP contribution in [-0.4, -0.2) is 71.2 Å². The van der Waals surface area contributed by atoms with Gasteiger partial charge in [-0.25, -0.2) is 0 Å². The predicted octanol–water partition coefficient (Wildman–Crippen LogP) is 1.92. The second-order valence-corrected chi connectivity index (χ2v) is 7.57. The van der Waals surface area contributed by atoms with E-state index in [2.05, 4.69) is 20.6 Å². The average molecular weight is 471 g/mol. The molecule has 1 fully saturated rings. The van der Waals surface area contributed by atoms with E-state index >= 15 is 0 Å². The van der Waals surface area contributed by atoms with Crippen LogP contribution >= 0.6 is 24.8 Å². The van der Waals surface area contributed by atoms with E-state index in [9.17, 15) is 9.59 Å². The Morgan fingerprint density at radius 3 is 2.39 bits per heavy atom. The van der Waals surface area contributed by atoms with Crippen LogP contribution < -0.4 is 10.6 Å². The van der Waals surface area contributed by atoms with Crippen molar-refractivity contribution in [2.24, 2.45) is 7.05 Å². The van der Waals surface area contributed by atoms with Gasteiger partial charge in [0.1, 0.15) is 6.04 Å². The minimum atomic E-state index is -0.400. The Hall–Kier alpha value is -2.13. The molecule has 10 heteroatoms. The first-order valence-electron chi connectivity index (χ1n) is 9.92. The Balaban J connectivity index is 0.00000240. The van der Waals surface area contributed by atoms with Gasteiger partial charge in [0.05, 0.1) is 12.7 Å². The topological polar surface area (TPSA) is 82.5 Å². The number of hydrogen-bond acceptors (Lipinski definition) is 5. The molecule has 1 saturated heterocycles. The first kappa shape index (κ1) is 26.9.